The number of hydrogen-bond donors (Lipinski definition) is 1. The van der Waals surface area contributed by atoms with Crippen LogP contribution in [-0.4, -0.2) is 34.5 Å². The van der Waals surface area contributed by atoms with Gasteiger partial charge in [0.15, 0.2) is 0 Å². The Bertz CT molecular complexity index is 1030. The highest BCUT2D eigenvalue weighted by molar-refractivity contribution is 5.98. The number of hydrogen-bond acceptors (Lipinski definition) is 2. The summed E-state index contributed by atoms with van der Waals surface area (Å²) in [6.45, 7) is 0.761. The van der Waals surface area contributed by atoms with Crippen LogP contribution in [-0.2, 0) is 6.54 Å². The molecule has 0 bridgehead atoms. The van der Waals surface area contributed by atoms with Crippen LogP contribution < -0.4 is 5.56 Å². The van der Waals surface area contributed by atoms with Gasteiger partial charge in [-0.2, -0.15) is 0 Å². The Kier molecular flexibility index (Phi) is 4.15. The average Bonchev–Trinajstić information content (AvgIpc) is 3.09. The molecule has 5 nitrogen and oxygen atoms in total. The standard InChI is InChI=1S/C21H23N3O2/c1-23(2)20(25)16-8-4-7-15(11-16)18-13-24(12-14-5-3-6-14)21(26)19-17(18)9-10-22-19/h4,7-11,13-14,22H,3,5-6,12H2,1-2H3. The van der Waals surface area contributed by atoms with Crippen LogP contribution in [0.1, 0.15) is 29.6 Å². The summed E-state index contributed by atoms with van der Waals surface area (Å²) < 4.78 is 1.83. The zero-order valence-electron chi connectivity index (χ0n) is 15.2. The molecule has 2 aromatic heterocycles. The van der Waals surface area contributed by atoms with Crippen LogP contribution in [0, 0.1) is 5.92 Å². The second-order valence-corrected chi connectivity index (χ2v) is 7.34. The highest BCUT2D eigenvalue weighted by Crippen LogP contribution is 2.30. The lowest BCUT2D eigenvalue weighted by Crippen LogP contribution is -2.27. The number of fused-ring (bicyclic) bond motifs is 1. The molecule has 1 aliphatic rings. The fourth-order valence-electron chi connectivity index (χ4n) is 3.60. The molecule has 0 aliphatic heterocycles. The number of amides is 1. The minimum absolute atomic E-state index is 0.0278. The Balaban J connectivity index is 1.84. The quantitative estimate of drug-likeness (QED) is 0.784. The molecule has 2 heterocycles. The maximum Gasteiger partial charge on any atom is 0.274 e. The summed E-state index contributed by atoms with van der Waals surface area (Å²) in [4.78, 5) is 29.8. The van der Waals surface area contributed by atoms with Crippen LogP contribution in [0.15, 0.2) is 47.5 Å². The van der Waals surface area contributed by atoms with Gasteiger partial charge in [0, 0.05) is 49.5 Å². The van der Waals surface area contributed by atoms with Crippen molar-refractivity contribution in [3.63, 3.8) is 0 Å². The van der Waals surface area contributed by atoms with E-state index in [2.05, 4.69) is 4.98 Å². The minimum atomic E-state index is -0.0278. The summed E-state index contributed by atoms with van der Waals surface area (Å²) in [6.07, 6.45) is 7.40. The van der Waals surface area contributed by atoms with Gasteiger partial charge in [-0.15, -0.1) is 0 Å². The fourth-order valence-corrected chi connectivity index (χ4v) is 3.60. The molecule has 1 saturated carbocycles. The van der Waals surface area contributed by atoms with Gasteiger partial charge < -0.3 is 14.5 Å². The molecule has 0 saturated heterocycles. The summed E-state index contributed by atoms with van der Waals surface area (Å²) in [5.41, 5.74) is 3.23. The number of benzene rings is 1. The Morgan fingerprint density at radius 1 is 1.27 bits per heavy atom. The first-order chi connectivity index (χ1) is 12.5. The number of carbonyl (C=O) groups is 1. The van der Waals surface area contributed by atoms with Gasteiger partial charge >= 0.3 is 0 Å². The molecule has 5 heteroatoms. The first-order valence-corrected chi connectivity index (χ1v) is 9.07. The third kappa shape index (κ3) is 2.83. The number of carbonyl (C=O) groups excluding carboxylic acids is 1. The maximum atomic E-state index is 12.8. The SMILES string of the molecule is CN(C)C(=O)c1cccc(-c2cn(CC3CCC3)c(=O)c3[nH]ccc23)c1. The monoisotopic (exact) mass is 349 g/mol. The number of pyridine rings is 1. The van der Waals surface area contributed by atoms with Crippen molar-refractivity contribution in [2.45, 2.75) is 25.8 Å². The minimum Gasteiger partial charge on any atom is -0.357 e. The topological polar surface area (TPSA) is 58.1 Å². The third-order valence-corrected chi connectivity index (χ3v) is 5.30. The van der Waals surface area contributed by atoms with E-state index in [0.717, 1.165) is 23.1 Å². The van der Waals surface area contributed by atoms with E-state index >= 15 is 0 Å². The van der Waals surface area contributed by atoms with Crippen molar-refractivity contribution < 1.29 is 4.79 Å². The Morgan fingerprint density at radius 2 is 2.08 bits per heavy atom. The molecule has 0 spiro atoms. The highest BCUT2D eigenvalue weighted by atomic mass is 16.2. The smallest absolute Gasteiger partial charge is 0.274 e. The molecule has 0 unspecified atom stereocenters. The van der Waals surface area contributed by atoms with Crippen molar-refractivity contribution >= 4 is 16.8 Å². The van der Waals surface area contributed by atoms with E-state index in [9.17, 15) is 9.59 Å². The van der Waals surface area contributed by atoms with Gasteiger partial charge in [0.2, 0.25) is 0 Å². The zero-order chi connectivity index (χ0) is 18.3. The lowest BCUT2D eigenvalue weighted by Gasteiger charge is -2.26. The lowest BCUT2D eigenvalue weighted by molar-refractivity contribution is 0.0827. The van der Waals surface area contributed by atoms with Gasteiger partial charge in [0.25, 0.3) is 11.5 Å². The predicted octanol–water partition coefficient (Wildman–Crippen LogP) is 3.50. The van der Waals surface area contributed by atoms with Crippen LogP contribution in [0.25, 0.3) is 22.0 Å². The van der Waals surface area contributed by atoms with Crippen molar-refractivity contribution in [2.75, 3.05) is 14.1 Å². The molecular weight excluding hydrogens is 326 g/mol. The number of H-pyrrole nitrogens is 1. The van der Waals surface area contributed by atoms with Gasteiger partial charge in [0.05, 0.1) is 0 Å². The van der Waals surface area contributed by atoms with Crippen molar-refractivity contribution in [3.05, 3.63) is 58.6 Å². The molecule has 4 rings (SSSR count). The van der Waals surface area contributed by atoms with E-state index in [4.69, 9.17) is 0 Å². The summed E-state index contributed by atoms with van der Waals surface area (Å²) in [6, 6.07) is 9.55. The van der Waals surface area contributed by atoms with Crippen LogP contribution >= 0.6 is 0 Å². The van der Waals surface area contributed by atoms with Crippen molar-refractivity contribution in [3.8, 4) is 11.1 Å². The van der Waals surface area contributed by atoms with Crippen LogP contribution in [0.4, 0.5) is 0 Å². The second-order valence-electron chi connectivity index (χ2n) is 7.34. The molecular formula is C21H23N3O2. The molecule has 0 radical (unpaired) electrons. The van der Waals surface area contributed by atoms with Crippen LogP contribution in [0.5, 0.6) is 0 Å². The molecule has 1 N–H and O–H groups in total. The maximum absolute atomic E-state index is 12.8. The van der Waals surface area contributed by atoms with Gasteiger partial charge in [-0.05, 0) is 42.5 Å². The normalized spacial score (nSPS) is 14.4. The Morgan fingerprint density at radius 3 is 2.77 bits per heavy atom. The molecule has 1 fully saturated rings. The number of nitrogens with zero attached hydrogens (tertiary/aromatic N) is 2. The van der Waals surface area contributed by atoms with Crippen LogP contribution in [0.3, 0.4) is 0 Å². The first-order valence-electron chi connectivity index (χ1n) is 9.07. The van der Waals surface area contributed by atoms with E-state index < -0.39 is 0 Å². The molecule has 0 atom stereocenters. The van der Waals surface area contributed by atoms with Crippen molar-refractivity contribution in [2.24, 2.45) is 5.92 Å². The Hall–Kier alpha value is -2.82. The van der Waals surface area contributed by atoms with E-state index in [1.165, 1.54) is 19.3 Å². The van der Waals surface area contributed by atoms with Gasteiger partial charge in [-0.3, -0.25) is 9.59 Å². The molecule has 26 heavy (non-hydrogen) atoms. The summed E-state index contributed by atoms with van der Waals surface area (Å²) in [7, 11) is 3.50. The third-order valence-electron chi connectivity index (χ3n) is 5.30. The molecule has 1 amide bonds. The number of aromatic amines is 1. The van der Waals surface area contributed by atoms with Gasteiger partial charge in [-0.1, -0.05) is 18.6 Å². The highest BCUT2D eigenvalue weighted by Gasteiger charge is 2.20. The number of rotatable bonds is 4. The summed E-state index contributed by atoms with van der Waals surface area (Å²) >= 11 is 0. The van der Waals surface area contributed by atoms with Gasteiger partial charge in [0.1, 0.15) is 5.52 Å². The second kappa shape index (κ2) is 6.48. The first kappa shape index (κ1) is 16.6. The van der Waals surface area contributed by atoms with E-state index in [-0.39, 0.29) is 11.5 Å². The fraction of sp³-hybridized carbons (Fsp3) is 0.333. The van der Waals surface area contributed by atoms with E-state index in [1.807, 2.05) is 41.1 Å². The van der Waals surface area contributed by atoms with E-state index in [0.29, 0.717) is 17.0 Å². The molecule has 1 aromatic carbocycles. The number of aromatic nitrogens is 2. The van der Waals surface area contributed by atoms with Gasteiger partial charge in [-0.25, -0.2) is 0 Å². The number of nitrogens with one attached hydrogen (secondary N) is 1. The van der Waals surface area contributed by atoms with Crippen LogP contribution in [0.2, 0.25) is 0 Å². The Labute approximate surface area is 152 Å². The summed E-state index contributed by atoms with van der Waals surface area (Å²) in [5, 5.41) is 0.898. The average molecular weight is 349 g/mol. The van der Waals surface area contributed by atoms with Crippen molar-refractivity contribution in [1.29, 1.82) is 0 Å². The molecule has 1 aliphatic carbocycles. The van der Waals surface area contributed by atoms with E-state index in [1.54, 1.807) is 25.2 Å². The zero-order valence-corrected chi connectivity index (χ0v) is 15.2. The largest absolute Gasteiger partial charge is 0.357 e. The molecule has 134 valence electrons. The predicted molar refractivity (Wildman–Crippen MR) is 103 cm³/mol. The molecule has 3 aromatic rings. The lowest BCUT2D eigenvalue weighted by atomic mass is 9.85. The van der Waals surface area contributed by atoms with Crippen molar-refractivity contribution in [1.82, 2.24) is 14.5 Å². The summed E-state index contributed by atoms with van der Waals surface area (Å²) in [5.74, 6) is 0.564.